The second-order valence-corrected chi connectivity index (χ2v) is 5.33. The van der Waals surface area contributed by atoms with Crippen molar-refractivity contribution in [1.82, 2.24) is 0 Å². The van der Waals surface area contributed by atoms with Crippen LogP contribution in [-0.4, -0.2) is 6.79 Å². The summed E-state index contributed by atoms with van der Waals surface area (Å²) >= 11 is 0. The molecule has 0 bridgehead atoms. The SMILES string of the molecule is N#CC(C1=COCO1)=C(Cc1ccccc1)Cc1ccccc1. The molecule has 114 valence electrons. The number of nitriles is 1. The Hall–Kier alpha value is -2.99. The van der Waals surface area contributed by atoms with Gasteiger partial charge < -0.3 is 9.47 Å². The summed E-state index contributed by atoms with van der Waals surface area (Å²) in [7, 11) is 0. The van der Waals surface area contributed by atoms with Crippen LogP contribution in [0, 0.1) is 11.3 Å². The quantitative estimate of drug-likeness (QED) is 0.780. The van der Waals surface area contributed by atoms with Crippen LogP contribution in [0.5, 0.6) is 0 Å². The van der Waals surface area contributed by atoms with Crippen LogP contribution >= 0.6 is 0 Å². The van der Waals surface area contributed by atoms with Crippen molar-refractivity contribution in [2.45, 2.75) is 12.8 Å². The van der Waals surface area contributed by atoms with Gasteiger partial charge in [-0.2, -0.15) is 5.26 Å². The molecule has 0 aliphatic carbocycles. The minimum absolute atomic E-state index is 0.171. The average molecular weight is 303 g/mol. The molecule has 0 spiro atoms. The van der Waals surface area contributed by atoms with Crippen molar-refractivity contribution in [2.75, 3.05) is 6.79 Å². The van der Waals surface area contributed by atoms with E-state index in [2.05, 4.69) is 30.3 Å². The maximum absolute atomic E-state index is 9.63. The number of hydrogen-bond donors (Lipinski definition) is 0. The number of benzene rings is 2. The molecular weight excluding hydrogens is 286 g/mol. The van der Waals surface area contributed by atoms with Gasteiger partial charge in [-0.1, -0.05) is 60.7 Å². The van der Waals surface area contributed by atoms with Gasteiger partial charge in [-0.15, -0.1) is 0 Å². The Morgan fingerprint density at radius 1 is 0.913 bits per heavy atom. The summed E-state index contributed by atoms with van der Waals surface area (Å²) in [4.78, 5) is 0. The monoisotopic (exact) mass is 303 g/mol. The molecule has 0 aromatic heterocycles. The highest BCUT2D eigenvalue weighted by molar-refractivity contribution is 5.46. The number of rotatable bonds is 5. The summed E-state index contributed by atoms with van der Waals surface area (Å²) in [6.45, 7) is 0.171. The minimum atomic E-state index is 0.171. The molecular formula is C20H17NO2. The van der Waals surface area contributed by atoms with Crippen molar-refractivity contribution in [3.8, 4) is 6.07 Å². The van der Waals surface area contributed by atoms with Gasteiger partial charge in [-0.05, 0) is 29.5 Å². The number of allylic oxidation sites excluding steroid dienone is 2. The first-order chi connectivity index (χ1) is 11.4. The number of hydrogen-bond acceptors (Lipinski definition) is 3. The lowest BCUT2D eigenvalue weighted by Crippen LogP contribution is -2.02. The molecule has 0 atom stereocenters. The van der Waals surface area contributed by atoms with Gasteiger partial charge in [0, 0.05) is 0 Å². The topological polar surface area (TPSA) is 42.2 Å². The Morgan fingerprint density at radius 3 is 1.91 bits per heavy atom. The highest BCUT2D eigenvalue weighted by Gasteiger charge is 2.18. The van der Waals surface area contributed by atoms with Gasteiger partial charge in [0.15, 0.2) is 5.76 Å². The highest BCUT2D eigenvalue weighted by Crippen LogP contribution is 2.25. The molecule has 0 radical (unpaired) electrons. The van der Waals surface area contributed by atoms with Crippen LogP contribution in [0.15, 0.2) is 83.8 Å². The standard InChI is InChI=1S/C20H17NO2/c21-13-19(20-14-22-15-23-20)18(11-16-7-3-1-4-8-16)12-17-9-5-2-6-10-17/h1-10,14H,11-12,15H2. The largest absolute Gasteiger partial charge is 0.461 e. The lowest BCUT2D eigenvalue weighted by atomic mass is 9.93. The van der Waals surface area contributed by atoms with Gasteiger partial charge in [0.1, 0.15) is 12.3 Å². The maximum Gasteiger partial charge on any atom is 0.230 e. The second-order valence-electron chi connectivity index (χ2n) is 5.33. The molecule has 1 aliphatic heterocycles. The molecule has 3 heteroatoms. The Kier molecular flexibility index (Phi) is 4.76. The maximum atomic E-state index is 9.63. The third-order valence-corrected chi connectivity index (χ3v) is 3.71. The first kappa shape index (κ1) is 14.9. The van der Waals surface area contributed by atoms with Crippen molar-refractivity contribution < 1.29 is 9.47 Å². The predicted molar refractivity (Wildman–Crippen MR) is 88.1 cm³/mol. The van der Waals surface area contributed by atoms with Gasteiger partial charge in [0.05, 0.1) is 5.57 Å². The summed E-state index contributed by atoms with van der Waals surface area (Å²) in [5.41, 5.74) is 3.94. The zero-order valence-corrected chi connectivity index (χ0v) is 12.7. The zero-order valence-electron chi connectivity index (χ0n) is 12.7. The van der Waals surface area contributed by atoms with Crippen molar-refractivity contribution in [2.24, 2.45) is 0 Å². The molecule has 0 unspecified atom stereocenters. The van der Waals surface area contributed by atoms with Crippen LogP contribution in [0.2, 0.25) is 0 Å². The smallest absolute Gasteiger partial charge is 0.230 e. The van der Waals surface area contributed by atoms with Gasteiger partial charge in [-0.25, -0.2) is 0 Å². The fraction of sp³-hybridized carbons (Fsp3) is 0.150. The van der Waals surface area contributed by atoms with Crippen LogP contribution in [0.25, 0.3) is 0 Å². The normalized spacial score (nSPS) is 12.6. The third-order valence-electron chi connectivity index (χ3n) is 3.71. The van der Waals surface area contributed by atoms with E-state index in [-0.39, 0.29) is 6.79 Å². The van der Waals surface area contributed by atoms with Crippen molar-refractivity contribution in [1.29, 1.82) is 5.26 Å². The Balaban J connectivity index is 1.96. The first-order valence-electron chi connectivity index (χ1n) is 7.52. The van der Waals surface area contributed by atoms with Gasteiger partial charge >= 0.3 is 0 Å². The van der Waals surface area contributed by atoms with Crippen LogP contribution in [-0.2, 0) is 22.3 Å². The lowest BCUT2D eigenvalue weighted by Gasteiger charge is -2.12. The van der Waals surface area contributed by atoms with Crippen LogP contribution < -0.4 is 0 Å². The summed E-state index contributed by atoms with van der Waals surface area (Å²) in [5, 5.41) is 9.63. The van der Waals surface area contributed by atoms with E-state index in [1.165, 1.54) is 17.4 Å². The summed E-state index contributed by atoms with van der Waals surface area (Å²) in [6.07, 6.45) is 2.94. The van der Waals surface area contributed by atoms with E-state index in [0.717, 1.165) is 5.57 Å². The average Bonchev–Trinajstić information content (AvgIpc) is 3.12. The molecule has 0 amide bonds. The van der Waals surface area contributed by atoms with Crippen molar-refractivity contribution in [3.05, 3.63) is 95.0 Å². The van der Waals surface area contributed by atoms with E-state index >= 15 is 0 Å². The van der Waals surface area contributed by atoms with E-state index < -0.39 is 0 Å². The predicted octanol–water partition coefficient (Wildman–Crippen LogP) is 4.14. The molecule has 0 N–H and O–H groups in total. The summed E-state index contributed by atoms with van der Waals surface area (Å²) < 4.78 is 10.5. The van der Waals surface area contributed by atoms with Gasteiger partial charge in [0.25, 0.3) is 0 Å². The first-order valence-corrected chi connectivity index (χ1v) is 7.52. The molecule has 23 heavy (non-hydrogen) atoms. The second kappa shape index (κ2) is 7.33. The number of ether oxygens (including phenoxy) is 2. The Labute approximate surface area is 136 Å². The molecule has 0 fully saturated rings. The fourth-order valence-electron chi connectivity index (χ4n) is 2.60. The van der Waals surface area contributed by atoms with Crippen molar-refractivity contribution >= 4 is 0 Å². The minimum Gasteiger partial charge on any atom is -0.461 e. The fourth-order valence-corrected chi connectivity index (χ4v) is 2.60. The van der Waals surface area contributed by atoms with Crippen LogP contribution in [0.1, 0.15) is 11.1 Å². The van der Waals surface area contributed by atoms with E-state index in [1.807, 2.05) is 36.4 Å². The van der Waals surface area contributed by atoms with Crippen LogP contribution in [0.3, 0.4) is 0 Å². The van der Waals surface area contributed by atoms with E-state index in [0.29, 0.717) is 24.2 Å². The van der Waals surface area contributed by atoms with E-state index in [9.17, 15) is 5.26 Å². The van der Waals surface area contributed by atoms with Gasteiger partial charge in [0.2, 0.25) is 6.79 Å². The summed E-state index contributed by atoms with van der Waals surface area (Å²) in [5.74, 6) is 0.523. The highest BCUT2D eigenvalue weighted by atomic mass is 16.7. The Morgan fingerprint density at radius 2 is 1.48 bits per heavy atom. The molecule has 1 heterocycles. The molecule has 2 aromatic rings. The van der Waals surface area contributed by atoms with E-state index in [1.54, 1.807) is 0 Å². The Bertz CT molecular complexity index is 712. The molecule has 0 saturated heterocycles. The molecule has 3 rings (SSSR count). The molecule has 2 aromatic carbocycles. The molecule has 3 nitrogen and oxygen atoms in total. The van der Waals surface area contributed by atoms with Crippen molar-refractivity contribution in [3.63, 3.8) is 0 Å². The van der Waals surface area contributed by atoms with Crippen LogP contribution in [0.4, 0.5) is 0 Å². The molecule has 0 saturated carbocycles. The zero-order chi connectivity index (χ0) is 15.9. The number of nitrogens with zero attached hydrogens (tertiary/aromatic N) is 1. The molecule has 1 aliphatic rings. The lowest BCUT2D eigenvalue weighted by molar-refractivity contribution is 0.0835. The summed E-state index contributed by atoms with van der Waals surface area (Å²) in [6, 6.07) is 22.6. The van der Waals surface area contributed by atoms with E-state index in [4.69, 9.17) is 9.47 Å². The van der Waals surface area contributed by atoms with Gasteiger partial charge in [-0.3, -0.25) is 0 Å². The third kappa shape index (κ3) is 3.81.